The van der Waals surface area contributed by atoms with Crippen LogP contribution in [0.3, 0.4) is 0 Å². The molecule has 1 aliphatic heterocycles. The van der Waals surface area contributed by atoms with Gasteiger partial charge < -0.3 is 14.9 Å². The van der Waals surface area contributed by atoms with Crippen molar-refractivity contribution in [3.63, 3.8) is 0 Å². The van der Waals surface area contributed by atoms with Crippen LogP contribution in [0.2, 0.25) is 5.02 Å². The van der Waals surface area contributed by atoms with Crippen molar-refractivity contribution in [2.75, 3.05) is 11.5 Å². The number of amides is 1. The second-order valence-corrected chi connectivity index (χ2v) is 12.5. The molecule has 0 spiro atoms. The van der Waals surface area contributed by atoms with Gasteiger partial charge in [-0.2, -0.15) is 0 Å². The fourth-order valence-corrected chi connectivity index (χ4v) is 5.12. The lowest BCUT2D eigenvalue weighted by Crippen LogP contribution is -2.29. The molecule has 7 heteroatoms. The van der Waals surface area contributed by atoms with E-state index in [0.717, 1.165) is 11.1 Å². The van der Waals surface area contributed by atoms with Crippen molar-refractivity contribution in [2.24, 2.45) is 0 Å². The molecule has 1 saturated heterocycles. The molecule has 1 heterocycles. The summed E-state index contributed by atoms with van der Waals surface area (Å²) in [4.78, 5) is 28.4. The molecule has 1 unspecified atom stereocenters. The van der Waals surface area contributed by atoms with Crippen molar-refractivity contribution in [3.8, 4) is 11.5 Å². The Morgan fingerprint density at radius 1 is 0.925 bits per heavy atom. The van der Waals surface area contributed by atoms with Gasteiger partial charge in [-0.1, -0.05) is 77.4 Å². The van der Waals surface area contributed by atoms with Crippen LogP contribution in [-0.2, 0) is 20.4 Å². The second-order valence-electron chi connectivity index (χ2n) is 12.1. The summed E-state index contributed by atoms with van der Waals surface area (Å²) in [5, 5.41) is 22.7. The summed E-state index contributed by atoms with van der Waals surface area (Å²) in [5.74, 6) is -1.55. The highest BCUT2D eigenvalue weighted by Crippen LogP contribution is 2.46. The van der Waals surface area contributed by atoms with E-state index in [1.165, 1.54) is 23.1 Å². The number of nitrogens with zero attached hydrogens (tertiary/aromatic N) is 1. The lowest BCUT2D eigenvalue weighted by atomic mass is 9.84. The zero-order valence-electron chi connectivity index (χ0n) is 24.0. The van der Waals surface area contributed by atoms with Crippen molar-refractivity contribution < 1.29 is 24.5 Å². The van der Waals surface area contributed by atoms with E-state index in [4.69, 9.17) is 16.3 Å². The summed E-state index contributed by atoms with van der Waals surface area (Å²) < 4.78 is 5.82. The van der Waals surface area contributed by atoms with Gasteiger partial charge in [0.05, 0.1) is 23.9 Å². The fourth-order valence-electron chi connectivity index (χ4n) is 4.95. The predicted molar refractivity (Wildman–Crippen MR) is 159 cm³/mol. The van der Waals surface area contributed by atoms with E-state index in [-0.39, 0.29) is 38.6 Å². The van der Waals surface area contributed by atoms with Gasteiger partial charge in [-0.3, -0.25) is 14.5 Å². The van der Waals surface area contributed by atoms with Gasteiger partial charge in [-0.25, -0.2) is 0 Å². The molecule has 210 valence electrons. The molecular formula is C33H36ClNO5. The fraction of sp³-hybridized carbons (Fsp3) is 0.333. The van der Waals surface area contributed by atoms with Gasteiger partial charge in [-0.15, -0.1) is 0 Å². The van der Waals surface area contributed by atoms with E-state index in [0.29, 0.717) is 23.5 Å². The zero-order chi connectivity index (χ0) is 29.6. The molecule has 6 nitrogen and oxygen atoms in total. The molecule has 40 heavy (non-hydrogen) atoms. The number of carbonyl (C=O) groups excluding carboxylic acids is 2. The Morgan fingerprint density at radius 2 is 1.57 bits per heavy atom. The van der Waals surface area contributed by atoms with Crippen LogP contribution >= 0.6 is 11.6 Å². The topological polar surface area (TPSA) is 87.1 Å². The van der Waals surface area contributed by atoms with Gasteiger partial charge in [0.25, 0.3) is 11.7 Å². The average Bonchev–Trinajstić information content (AvgIpc) is 3.14. The van der Waals surface area contributed by atoms with E-state index in [1.807, 2.05) is 52.0 Å². The van der Waals surface area contributed by atoms with Crippen molar-refractivity contribution in [2.45, 2.75) is 65.3 Å². The first kappa shape index (κ1) is 29.2. The number of aliphatic hydroxyl groups is 1. The molecule has 2 N–H and O–H groups in total. The van der Waals surface area contributed by atoms with Crippen LogP contribution in [0.4, 0.5) is 5.69 Å². The minimum Gasteiger partial charge on any atom is -0.507 e. The Labute approximate surface area is 240 Å². The largest absolute Gasteiger partial charge is 0.507 e. The molecule has 4 rings (SSSR count). The maximum absolute atomic E-state index is 13.6. The summed E-state index contributed by atoms with van der Waals surface area (Å²) in [6.45, 7) is 14.8. The van der Waals surface area contributed by atoms with Crippen LogP contribution in [0.5, 0.6) is 11.5 Å². The predicted octanol–water partition coefficient (Wildman–Crippen LogP) is 7.67. The number of hydrogen-bond acceptors (Lipinski definition) is 5. The van der Waals surface area contributed by atoms with Gasteiger partial charge in [0.15, 0.2) is 0 Å². The van der Waals surface area contributed by atoms with Crippen molar-refractivity contribution in [1.82, 2.24) is 0 Å². The lowest BCUT2D eigenvalue weighted by Gasteiger charge is -2.27. The first-order valence-electron chi connectivity index (χ1n) is 13.3. The Morgan fingerprint density at radius 3 is 2.15 bits per heavy atom. The minimum absolute atomic E-state index is 0.0723. The number of aliphatic hydroxyl groups excluding tert-OH is 1. The highest BCUT2D eigenvalue weighted by Gasteiger charge is 2.48. The van der Waals surface area contributed by atoms with Crippen LogP contribution in [0.1, 0.15) is 76.8 Å². The van der Waals surface area contributed by atoms with Crippen LogP contribution < -0.4 is 9.64 Å². The number of halogens is 1. The summed E-state index contributed by atoms with van der Waals surface area (Å²) in [6.07, 6.45) is 0. The number of carbonyl (C=O) groups is 2. The van der Waals surface area contributed by atoms with Gasteiger partial charge in [-0.05, 0) is 65.3 Å². The Balaban J connectivity index is 1.98. The number of ether oxygens (including phenoxy) is 1. The van der Waals surface area contributed by atoms with E-state index < -0.39 is 17.7 Å². The molecule has 0 radical (unpaired) electrons. The van der Waals surface area contributed by atoms with Gasteiger partial charge in [0, 0.05) is 16.1 Å². The molecule has 3 aromatic carbocycles. The molecule has 1 fully saturated rings. The molecule has 1 atom stereocenters. The van der Waals surface area contributed by atoms with E-state index in [2.05, 4.69) is 20.8 Å². The first-order chi connectivity index (χ1) is 18.6. The number of phenolic OH excluding ortho intramolecular Hbond substituents is 1. The van der Waals surface area contributed by atoms with Crippen molar-refractivity contribution in [1.29, 1.82) is 0 Å². The molecule has 1 amide bonds. The quantitative estimate of drug-likeness (QED) is 0.190. The number of benzene rings is 3. The van der Waals surface area contributed by atoms with E-state index >= 15 is 0 Å². The van der Waals surface area contributed by atoms with E-state index in [1.54, 1.807) is 18.2 Å². The third-order valence-corrected chi connectivity index (χ3v) is 7.33. The van der Waals surface area contributed by atoms with E-state index in [9.17, 15) is 19.8 Å². The summed E-state index contributed by atoms with van der Waals surface area (Å²) in [5.41, 5.74) is 2.50. The number of aromatic hydroxyl groups is 1. The molecule has 0 aliphatic carbocycles. The third kappa shape index (κ3) is 5.46. The summed E-state index contributed by atoms with van der Waals surface area (Å²) >= 11 is 6.23. The third-order valence-electron chi connectivity index (χ3n) is 7.09. The molecule has 0 bridgehead atoms. The number of anilines is 1. The van der Waals surface area contributed by atoms with Crippen molar-refractivity contribution in [3.05, 3.63) is 93.5 Å². The van der Waals surface area contributed by atoms with Crippen LogP contribution in [0.25, 0.3) is 5.76 Å². The highest BCUT2D eigenvalue weighted by atomic mass is 35.5. The van der Waals surface area contributed by atoms with Crippen molar-refractivity contribution >= 4 is 34.7 Å². The zero-order valence-corrected chi connectivity index (χ0v) is 24.8. The summed E-state index contributed by atoms with van der Waals surface area (Å²) in [7, 11) is 0. The Kier molecular flexibility index (Phi) is 7.79. The first-order valence-corrected chi connectivity index (χ1v) is 13.7. The smallest absolute Gasteiger partial charge is 0.300 e. The monoisotopic (exact) mass is 561 g/mol. The van der Waals surface area contributed by atoms with Crippen LogP contribution in [-0.4, -0.2) is 28.5 Å². The van der Waals surface area contributed by atoms with Gasteiger partial charge in [0.2, 0.25) is 0 Å². The molecular weight excluding hydrogens is 526 g/mol. The highest BCUT2D eigenvalue weighted by molar-refractivity contribution is 6.52. The Bertz CT molecular complexity index is 1490. The number of phenols is 1. The molecule has 0 aromatic heterocycles. The van der Waals surface area contributed by atoms with Crippen LogP contribution in [0, 0.1) is 0 Å². The maximum Gasteiger partial charge on any atom is 0.300 e. The minimum atomic E-state index is -0.997. The van der Waals surface area contributed by atoms with Crippen LogP contribution in [0.15, 0.2) is 66.2 Å². The normalized spacial score (nSPS) is 17.4. The van der Waals surface area contributed by atoms with Gasteiger partial charge in [0.1, 0.15) is 17.3 Å². The number of Topliss-reactive ketones (excluding diaryl/α,β-unsaturated/α-hetero) is 1. The molecule has 3 aromatic rings. The standard InChI is InChI=1S/C33H36ClNO5/c1-8-40-26-16-11-20(17-23(26)33(5,6)7)29(37)27-28(19-9-12-21(13-10-19)32(2,3)4)35(31(39)30(27)38)24-18-22(34)14-15-25(24)36/h9-18,28,36-37H,8H2,1-7H3/b29-27-. The van der Waals surface area contributed by atoms with Gasteiger partial charge >= 0.3 is 0 Å². The summed E-state index contributed by atoms with van der Waals surface area (Å²) in [6, 6.07) is 16.1. The SMILES string of the molecule is CCOc1ccc(/C(O)=C2/C(=O)C(=O)N(c3cc(Cl)ccc3O)C2c2ccc(C(C)(C)C)cc2)cc1C(C)(C)C. The second kappa shape index (κ2) is 10.7. The number of hydrogen-bond donors (Lipinski definition) is 2. The maximum atomic E-state index is 13.6. The molecule has 0 saturated carbocycles. The number of rotatable bonds is 5. The average molecular weight is 562 g/mol. The number of ketones is 1. The lowest BCUT2D eigenvalue weighted by molar-refractivity contribution is -0.132. The Hall–Kier alpha value is -3.77. The molecule has 1 aliphatic rings.